The minimum absolute atomic E-state index is 0.0361. The summed E-state index contributed by atoms with van der Waals surface area (Å²) in [6, 6.07) is 9.23. The number of hydrogen-bond donors (Lipinski definition) is 1. The van der Waals surface area contributed by atoms with Gasteiger partial charge in [-0.2, -0.15) is 0 Å². The molecule has 21 heavy (non-hydrogen) atoms. The highest BCUT2D eigenvalue weighted by molar-refractivity contribution is 5.74. The maximum atomic E-state index is 11.7. The molecule has 0 aromatic heterocycles. The highest BCUT2D eigenvalue weighted by Gasteiger charge is 2.34. The minimum Gasteiger partial charge on any atom is -0.469 e. The van der Waals surface area contributed by atoms with E-state index in [4.69, 9.17) is 14.2 Å². The first kappa shape index (κ1) is 15.5. The largest absolute Gasteiger partial charge is 0.469 e. The number of carbonyl (C=O) groups is 2. The van der Waals surface area contributed by atoms with Crippen LogP contribution in [-0.4, -0.2) is 44.8 Å². The summed E-state index contributed by atoms with van der Waals surface area (Å²) in [5, 5.41) is 2.98. The van der Waals surface area contributed by atoms with Crippen molar-refractivity contribution < 1.29 is 23.8 Å². The van der Waals surface area contributed by atoms with Crippen LogP contribution in [-0.2, 0) is 30.4 Å². The third-order valence-electron chi connectivity index (χ3n) is 3.34. The Morgan fingerprint density at radius 2 is 2.05 bits per heavy atom. The molecule has 0 saturated carbocycles. The van der Waals surface area contributed by atoms with Gasteiger partial charge in [-0.3, -0.25) is 9.59 Å². The number of methoxy groups -OCH3 is 1. The van der Waals surface area contributed by atoms with Gasteiger partial charge in [-0.15, -0.1) is 0 Å². The summed E-state index contributed by atoms with van der Waals surface area (Å²) in [4.78, 5) is 23.2. The van der Waals surface area contributed by atoms with Crippen LogP contribution in [0.1, 0.15) is 5.56 Å². The van der Waals surface area contributed by atoms with Crippen LogP contribution in [0.15, 0.2) is 30.3 Å². The first-order chi connectivity index (χ1) is 10.2. The molecule has 1 N–H and O–H groups in total. The van der Waals surface area contributed by atoms with E-state index >= 15 is 0 Å². The standard InChI is InChI=1S/C15H19NO5/c1-19-15(18)12-9-20-10-13(12)16-7-14(17)21-8-11-5-3-2-4-6-11/h2-6,12-13,16H,7-10H2,1H3/t12-,13+/m0/s1. The van der Waals surface area contributed by atoms with Crippen LogP contribution in [0.4, 0.5) is 0 Å². The second-order valence-corrected chi connectivity index (χ2v) is 4.80. The summed E-state index contributed by atoms with van der Waals surface area (Å²) >= 11 is 0. The molecule has 2 atom stereocenters. The first-order valence-electron chi connectivity index (χ1n) is 6.79. The summed E-state index contributed by atoms with van der Waals surface area (Å²) in [6.45, 7) is 0.965. The van der Waals surface area contributed by atoms with E-state index in [9.17, 15) is 9.59 Å². The number of ether oxygens (including phenoxy) is 3. The normalized spacial score (nSPS) is 21.0. The van der Waals surface area contributed by atoms with E-state index in [2.05, 4.69) is 5.32 Å². The Morgan fingerprint density at radius 3 is 2.76 bits per heavy atom. The van der Waals surface area contributed by atoms with Crippen molar-refractivity contribution in [2.75, 3.05) is 26.9 Å². The Bertz CT molecular complexity index is 476. The van der Waals surface area contributed by atoms with Crippen LogP contribution in [0.2, 0.25) is 0 Å². The number of carbonyl (C=O) groups excluding carboxylic acids is 2. The molecule has 6 heteroatoms. The minimum atomic E-state index is -0.378. The molecule has 1 fully saturated rings. The van der Waals surface area contributed by atoms with Gasteiger partial charge in [-0.1, -0.05) is 30.3 Å². The summed E-state index contributed by atoms with van der Waals surface area (Å²) in [5.74, 6) is -1.08. The fourth-order valence-electron chi connectivity index (χ4n) is 2.14. The second-order valence-electron chi connectivity index (χ2n) is 4.80. The Kier molecular flexibility index (Phi) is 5.71. The molecule has 1 aromatic rings. The number of rotatable bonds is 6. The zero-order valence-corrected chi connectivity index (χ0v) is 11.9. The van der Waals surface area contributed by atoms with Crippen LogP contribution in [0, 0.1) is 5.92 Å². The molecule has 1 aliphatic heterocycles. The van der Waals surface area contributed by atoms with Gasteiger partial charge in [0.15, 0.2) is 0 Å². The number of hydrogen-bond acceptors (Lipinski definition) is 6. The Hall–Kier alpha value is -1.92. The van der Waals surface area contributed by atoms with Gasteiger partial charge in [0.1, 0.15) is 6.61 Å². The van der Waals surface area contributed by atoms with Crippen molar-refractivity contribution in [3.8, 4) is 0 Å². The van der Waals surface area contributed by atoms with Crippen LogP contribution in [0.5, 0.6) is 0 Å². The van der Waals surface area contributed by atoms with Crippen molar-refractivity contribution in [3.63, 3.8) is 0 Å². The lowest BCUT2D eigenvalue weighted by Gasteiger charge is -2.16. The molecular formula is C15H19NO5. The number of esters is 2. The Morgan fingerprint density at radius 1 is 1.29 bits per heavy atom. The van der Waals surface area contributed by atoms with Crippen LogP contribution in [0.3, 0.4) is 0 Å². The van der Waals surface area contributed by atoms with Crippen molar-refractivity contribution in [2.45, 2.75) is 12.6 Å². The maximum Gasteiger partial charge on any atom is 0.320 e. The highest BCUT2D eigenvalue weighted by Crippen LogP contribution is 2.15. The zero-order valence-electron chi connectivity index (χ0n) is 11.9. The zero-order chi connectivity index (χ0) is 15.1. The van der Waals surface area contributed by atoms with Gasteiger partial charge < -0.3 is 19.5 Å². The topological polar surface area (TPSA) is 73.9 Å². The average Bonchev–Trinajstić information content (AvgIpc) is 2.99. The third kappa shape index (κ3) is 4.54. The molecular weight excluding hydrogens is 274 g/mol. The van der Waals surface area contributed by atoms with E-state index < -0.39 is 0 Å². The van der Waals surface area contributed by atoms with E-state index in [1.807, 2.05) is 30.3 Å². The average molecular weight is 293 g/mol. The summed E-state index contributed by atoms with van der Waals surface area (Å²) in [6.07, 6.45) is 0. The smallest absolute Gasteiger partial charge is 0.320 e. The van der Waals surface area contributed by atoms with E-state index in [-0.39, 0.29) is 37.0 Å². The Labute approximate surface area is 123 Å². The monoisotopic (exact) mass is 293 g/mol. The van der Waals surface area contributed by atoms with Gasteiger partial charge in [-0.05, 0) is 5.56 Å². The lowest BCUT2D eigenvalue weighted by atomic mass is 10.0. The molecule has 6 nitrogen and oxygen atoms in total. The lowest BCUT2D eigenvalue weighted by molar-refractivity contribution is -0.147. The molecule has 0 unspecified atom stereocenters. The van der Waals surface area contributed by atoms with E-state index in [1.165, 1.54) is 7.11 Å². The fourth-order valence-corrected chi connectivity index (χ4v) is 2.14. The van der Waals surface area contributed by atoms with Crippen molar-refractivity contribution in [2.24, 2.45) is 5.92 Å². The van der Waals surface area contributed by atoms with Gasteiger partial charge in [0, 0.05) is 6.04 Å². The predicted octanol–water partition coefficient (Wildman–Crippen LogP) is 0.507. The van der Waals surface area contributed by atoms with Crippen molar-refractivity contribution in [3.05, 3.63) is 35.9 Å². The quantitative estimate of drug-likeness (QED) is 0.770. The molecule has 1 aromatic carbocycles. The lowest BCUT2D eigenvalue weighted by Crippen LogP contribution is -2.42. The second kappa shape index (κ2) is 7.75. The molecule has 0 amide bonds. The van der Waals surface area contributed by atoms with Gasteiger partial charge >= 0.3 is 11.9 Å². The molecule has 0 aliphatic carbocycles. The molecule has 114 valence electrons. The van der Waals surface area contributed by atoms with Crippen LogP contribution in [0.25, 0.3) is 0 Å². The van der Waals surface area contributed by atoms with Gasteiger partial charge in [-0.25, -0.2) is 0 Å². The molecule has 0 bridgehead atoms. The SMILES string of the molecule is COC(=O)[C@H]1COC[C@H]1NCC(=O)OCc1ccccc1. The molecule has 1 heterocycles. The Balaban J connectivity index is 1.72. The predicted molar refractivity (Wildman–Crippen MR) is 74.4 cm³/mol. The van der Waals surface area contributed by atoms with Gasteiger partial charge in [0.2, 0.25) is 0 Å². The van der Waals surface area contributed by atoms with Crippen molar-refractivity contribution >= 4 is 11.9 Å². The molecule has 2 rings (SSSR count). The highest BCUT2D eigenvalue weighted by atomic mass is 16.5. The fraction of sp³-hybridized carbons (Fsp3) is 0.467. The van der Waals surface area contributed by atoms with Crippen LogP contribution >= 0.6 is 0 Å². The van der Waals surface area contributed by atoms with Crippen LogP contribution < -0.4 is 5.32 Å². The van der Waals surface area contributed by atoms with Gasteiger partial charge in [0.25, 0.3) is 0 Å². The molecule has 1 saturated heterocycles. The summed E-state index contributed by atoms with van der Waals surface area (Å²) in [5.41, 5.74) is 0.933. The van der Waals surface area contributed by atoms with E-state index in [0.29, 0.717) is 13.2 Å². The number of benzene rings is 1. The maximum absolute atomic E-state index is 11.7. The molecule has 0 radical (unpaired) electrons. The first-order valence-corrected chi connectivity index (χ1v) is 6.79. The molecule has 0 spiro atoms. The van der Waals surface area contributed by atoms with E-state index in [0.717, 1.165) is 5.56 Å². The third-order valence-corrected chi connectivity index (χ3v) is 3.34. The van der Waals surface area contributed by atoms with Crippen molar-refractivity contribution in [1.82, 2.24) is 5.32 Å². The summed E-state index contributed by atoms with van der Waals surface area (Å²) in [7, 11) is 1.34. The van der Waals surface area contributed by atoms with E-state index in [1.54, 1.807) is 0 Å². The van der Waals surface area contributed by atoms with Gasteiger partial charge in [0.05, 0.1) is 32.8 Å². The molecule has 1 aliphatic rings. The summed E-state index contributed by atoms with van der Waals surface area (Å²) < 4.78 is 15.1. The number of nitrogens with one attached hydrogen (secondary N) is 1. The van der Waals surface area contributed by atoms with Crippen molar-refractivity contribution in [1.29, 1.82) is 0 Å².